The topological polar surface area (TPSA) is 41.1 Å². The highest BCUT2D eigenvalue weighted by molar-refractivity contribution is 7.99. The number of halogens is 1. The molecule has 0 fully saturated rings. The number of amides is 1. The van der Waals surface area contributed by atoms with Crippen molar-refractivity contribution in [1.29, 1.82) is 0 Å². The van der Waals surface area contributed by atoms with Gasteiger partial charge in [0.05, 0.1) is 4.88 Å². The van der Waals surface area contributed by atoms with Gasteiger partial charge in [-0.15, -0.1) is 11.3 Å². The molecule has 24 heavy (non-hydrogen) atoms. The zero-order valence-corrected chi connectivity index (χ0v) is 14.5. The van der Waals surface area contributed by atoms with Crippen LogP contribution in [0.25, 0.3) is 11.1 Å². The van der Waals surface area contributed by atoms with Gasteiger partial charge in [0.25, 0.3) is 5.91 Å². The fourth-order valence-electron chi connectivity index (χ4n) is 2.27. The van der Waals surface area contributed by atoms with E-state index in [-0.39, 0.29) is 5.91 Å². The van der Waals surface area contributed by atoms with E-state index >= 15 is 0 Å². The molecule has 0 bridgehead atoms. The maximum Gasteiger partial charge on any atom is 0.265 e. The molecule has 122 valence electrons. The van der Waals surface area contributed by atoms with Crippen LogP contribution in [-0.2, 0) is 0 Å². The van der Waals surface area contributed by atoms with E-state index in [1.165, 1.54) is 35.4 Å². The molecule has 0 aliphatic carbocycles. The van der Waals surface area contributed by atoms with Crippen molar-refractivity contribution in [2.75, 3.05) is 16.3 Å². The zero-order chi connectivity index (χ0) is 16.9. The Kier molecular flexibility index (Phi) is 5.17. The smallest absolute Gasteiger partial charge is 0.265 e. The van der Waals surface area contributed by atoms with E-state index < -0.39 is 5.82 Å². The minimum atomic E-state index is -0.402. The zero-order valence-electron chi connectivity index (χ0n) is 12.9. The van der Waals surface area contributed by atoms with Gasteiger partial charge in [0.15, 0.2) is 0 Å². The van der Waals surface area contributed by atoms with Crippen LogP contribution in [0.4, 0.5) is 15.8 Å². The first kappa shape index (κ1) is 16.5. The fourth-order valence-corrected chi connectivity index (χ4v) is 3.43. The standard InChI is InChI=1S/C18H15FN2OS2/c1-23-21-16-9-14(19)8-15(10-16)20-18(22)17-7-13(11-24-17)12-5-3-2-4-6-12/h2-11,21H,1H3,(H,20,22). The molecule has 1 heterocycles. The number of carbonyl (C=O) groups is 1. The van der Waals surface area contributed by atoms with Crippen LogP contribution in [0.15, 0.2) is 60.0 Å². The summed E-state index contributed by atoms with van der Waals surface area (Å²) >= 11 is 2.73. The van der Waals surface area contributed by atoms with Gasteiger partial charge in [-0.2, -0.15) is 0 Å². The van der Waals surface area contributed by atoms with E-state index in [9.17, 15) is 9.18 Å². The van der Waals surface area contributed by atoms with Crippen LogP contribution in [0, 0.1) is 5.82 Å². The summed E-state index contributed by atoms with van der Waals surface area (Å²) < 4.78 is 16.6. The molecule has 0 aliphatic rings. The largest absolute Gasteiger partial charge is 0.330 e. The van der Waals surface area contributed by atoms with Gasteiger partial charge in [-0.3, -0.25) is 4.79 Å². The Morgan fingerprint density at radius 2 is 1.79 bits per heavy atom. The van der Waals surface area contributed by atoms with Crippen molar-refractivity contribution < 1.29 is 9.18 Å². The predicted molar refractivity (Wildman–Crippen MR) is 101 cm³/mol. The van der Waals surface area contributed by atoms with Crippen molar-refractivity contribution in [2.45, 2.75) is 0 Å². The number of anilines is 2. The van der Waals surface area contributed by atoms with E-state index in [0.29, 0.717) is 16.3 Å². The minimum absolute atomic E-state index is 0.247. The first-order valence-electron chi connectivity index (χ1n) is 7.20. The maximum absolute atomic E-state index is 13.6. The molecule has 0 aliphatic heterocycles. The lowest BCUT2D eigenvalue weighted by atomic mass is 10.1. The van der Waals surface area contributed by atoms with Crippen molar-refractivity contribution in [3.05, 3.63) is 70.7 Å². The maximum atomic E-state index is 13.6. The number of carbonyl (C=O) groups excluding carboxylic acids is 1. The molecule has 3 rings (SSSR count). The number of hydrogen-bond acceptors (Lipinski definition) is 4. The summed E-state index contributed by atoms with van der Waals surface area (Å²) in [6.45, 7) is 0. The molecule has 0 saturated heterocycles. The first-order valence-corrected chi connectivity index (χ1v) is 9.31. The molecule has 0 radical (unpaired) electrons. The van der Waals surface area contributed by atoms with Crippen LogP contribution in [0.3, 0.4) is 0 Å². The number of benzene rings is 2. The van der Waals surface area contributed by atoms with Crippen LogP contribution in [0.5, 0.6) is 0 Å². The summed E-state index contributed by atoms with van der Waals surface area (Å²) in [7, 11) is 0. The molecule has 2 N–H and O–H groups in total. The van der Waals surface area contributed by atoms with E-state index in [4.69, 9.17) is 0 Å². The molecule has 2 aromatic carbocycles. The van der Waals surface area contributed by atoms with E-state index in [1.54, 1.807) is 6.07 Å². The molecule has 6 heteroatoms. The number of nitrogens with one attached hydrogen (secondary N) is 2. The van der Waals surface area contributed by atoms with Crippen molar-refractivity contribution in [3.8, 4) is 11.1 Å². The van der Waals surface area contributed by atoms with Gasteiger partial charge in [-0.25, -0.2) is 4.39 Å². The molecule has 0 saturated carbocycles. The van der Waals surface area contributed by atoms with Gasteiger partial charge in [0.2, 0.25) is 0 Å². The molecule has 0 unspecified atom stereocenters. The Labute approximate surface area is 148 Å². The Bertz CT molecular complexity index is 849. The second-order valence-electron chi connectivity index (χ2n) is 5.05. The molecule has 0 atom stereocenters. The van der Waals surface area contributed by atoms with E-state index in [2.05, 4.69) is 10.0 Å². The van der Waals surface area contributed by atoms with Gasteiger partial charge in [-0.1, -0.05) is 42.3 Å². The summed E-state index contributed by atoms with van der Waals surface area (Å²) in [5, 5.41) is 4.69. The van der Waals surface area contributed by atoms with Crippen molar-refractivity contribution in [1.82, 2.24) is 0 Å². The van der Waals surface area contributed by atoms with Crippen LogP contribution in [0.2, 0.25) is 0 Å². The third kappa shape index (κ3) is 3.96. The molecule has 0 spiro atoms. The van der Waals surface area contributed by atoms with E-state index in [1.807, 2.05) is 48.0 Å². The molecular formula is C18H15FN2OS2. The van der Waals surface area contributed by atoms with Crippen LogP contribution in [0.1, 0.15) is 9.67 Å². The van der Waals surface area contributed by atoms with Crippen LogP contribution in [-0.4, -0.2) is 12.2 Å². The highest BCUT2D eigenvalue weighted by Gasteiger charge is 2.11. The molecular weight excluding hydrogens is 343 g/mol. The van der Waals surface area contributed by atoms with Gasteiger partial charge in [0.1, 0.15) is 5.82 Å². The minimum Gasteiger partial charge on any atom is -0.330 e. The second-order valence-corrected chi connectivity index (χ2v) is 6.58. The highest BCUT2D eigenvalue weighted by atomic mass is 32.2. The molecule has 3 nitrogen and oxygen atoms in total. The second kappa shape index (κ2) is 7.51. The lowest BCUT2D eigenvalue weighted by Crippen LogP contribution is -2.10. The highest BCUT2D eigenvalue weighted by Crippen LogP contribution is 2.27. The lowest BCUT2D eigenvalue weighted by molar-refractivity contribution is 0.103. The summed E-state index contributed by atoms with van der Waals surface area (Å²) in [4.78, 5) is 13.0. The predicted octanol–water partition coefficient (Wildman–Crippen LogP) is 5.50. The van der Waals surface area contributed by atoms with Crippen LogP contribution < -0.4 is 10.0 Å². The number of thiophene rings is 1. The monoisotopic (exact) mass is 358 g/mol. The van der Waals surface area contributed by atoms with E-state index in [0.717, 1.165) is 11.1 Å². The summed E-state index contributed by atoms with van der Waals surface area (Å²) in [5.74, 6) is -0.650. The van der Waals surface area contributed by atoms with Crippen molar-refractivity contribution in [3.63, 3.8) is 0 Å². The van der Waals surface area contributed by atoms with Crippen LogP contribution >= 0.6 is 23.3 Å². The quantitative estimate of drug-likeness (QED) is 0.592. The Morgan fingerprint density at radius 3 is 2.54 bits per heavy atom. The third-order valence-corrected chi connectivity index (χ3v) is 4.67. The summed E-state index contributed by atoms with van der Waals surface area (Å²) in [6, 6.07) is 16.1. The summed E-state index contributed by atoms with van der Waals surface area (Å²) in [6.07, 6.45) is 1.85. The van der Waals surface area contributed by atoms with Crippen molar-refractivity contribution >= 4 is 40.6 Å². The average Bonchev–Trinajstić information content (AvgIpc) is 3.05. The van der Waals surface area contributed by atoms with Gasteiger partial charge >= 0.3 is 0 Å². The Balaban J connectivity index is 1.77. The number of hydrogen-bond donors (Lipinski definition) is 2. The average molecular weight is 358 g/mol. The van der Waals surface area contributed by atoms with Gasteiger partial charge in [-0.05, 0) is 40.8 Å². The fraction of sp³-hybridized carbons (Fsp3) is 0.0556. The third-order valence-electron chi connectivity index (χ3n) is 3.31. The first-order chi connectivity index (χ1) is 11.7. The molecule has 3 aromatic rings. The SMILES string of the molecule is CSNc1cc(F)cc(NC(=O)c2cc(-c3ccccc3)cs2)c1. The van der Waals surface area contributed by atoms with Gasteiger partial charge in [0, 0.05) is 17.6 Å². The normalized spacial score (nSPS) is 10.4. The molecule has 1 amide bonds. The van der Waals surface area contributed by atoms with Gasteiger partial charge < -0.3 is 10.0 Å². The Hall–Kier alpha value is -2.31. The lowest BCUT2D eigenvalue weighted by Gasteiger charge is -2.07. The number of rotatable bonds is 5. The molecule has 1 aromatic heterocycles. The Morgan fingerprint density at radius 1 is 1.04 bits per heavy atom. The van der Waals surface area contributed by atoms with Crippen molar-refractivity contribution in [2.24, 2.45) is 0 Å². The summed E-state index contributed by atoms with van der Waals surface area (Å²) in [5.41, 5.74) is 3.08.